The maximum atomic E-state index is 12.6. The molecule has 0 radical (unpaired) electrons. The van der Waals surface area contributed by atoms with Crippen molar-refractivity contribution in [3.05, 3.63) is 53.6 Å². The fourth-order valence-corrected chi connectivity index (χ4v) is 4.15. The number of thiazole rings is 1. The minimum Gasteiger partial charge on any atom is -0.434 e. The van der Waals surface area contributed by atoms with Crippen LogP contribution in [0.5, 0.6) is 5.75 Å². The van der Waals surface area contributed by atoms with Gasteiger partial charge in [-0.3, -0.25) is 15.0 Å². The zero-order valence-corrected chi connectivity index (χ0v) is 17.9. The fraction of sp³-hybridized carbons (Fsp3) is 0.318. The van der Waals surface area contributed by atoms with Gasteiger partial charge in [0, 0.05) is 25.2 Å². The van der Waals surface area contributed by atoms with Crippen molar-refractivity contribution < 1.29 is 23.8 Å². The maximum Gasteiger partial charge on any atom is 0.513 e. The number of carbonyl (C=O) groups excluding carboxylic acids is 2. The molecule has 9 heteroatoms. The first-order valence-corrected chi connectivity index (χ1v) is 10.9. The van der Waals surface area contributed by atoms with Crippen molar-refractivity contribution in [1.29, 1.82) is 0 Å². The topological polar surface area (TPSA) is 90.0 Å². The Bertz CT molecular complexity index is 1060. The van der Waals surface area contributed by atoms with Crippen molar-refractivity contribution in [2.24, 2.45) is 0 Å². The Morgan fingerprint density at radius 3 is 2.68 bits per heavy atom. The third kappa shape index (κ3) is 5.57. The van der Waals surface area contributed by atoms with Gasteiger partial charge in [-0.15, -0.1) is 0 Å². The average Bonchev–Trinajstić information content (AvgIpc) is 3.16. The molecule has 2 aromatic carbocycles. The normalized spacial score (nSPS) is 14.4. The molecule has 0 saturated carbocycles. The van der Waals surface area contributed by atoms with Gasteiger partial charge in [0.2, 0.25) is 0 Å². The third-order valence-electron chi connectivity index (χ3n) is 4.76. The second-order valence-corrected chi connectivity index (χ2v) is 8.00. The zero-order chi connectivity index (χ0) is 21.6. The number of amides is 1. The van der Waals surface area contributed by atoms with E-state index in [0.717, 1.165) is 43.1 Å². The Morgan fingerprint density at radius 1 is 1.16 bits per heavy atom. The Hall–Kier alpha value is -3.01. The summed E-state index contributed by atoms with van der Waals surface area (Å²) in [6, 6.07) is 12.4. The molecule has 8 nitrogen and oxygen atoms in total. The molecule has 31 heavy (non-hydrogen) atoms. The van der Waals surface area contributed by atoms with Crippen LogP contribution in [0.15, 0.2) is 42.5 Å². The summed E-state index contributed by atoms with van der Waals surface area (Å²) in [4.78, 5) is 30.8. The van der Waals surface area contributed by atoms with E-state index in [1.807, 2.05) is 6.07 Å². The predicted octanol–water partition coefficient (Wildman–Crippen LogP) is 3.92. The monoisotopic (exact) mass is 441 g/mol. The number of anilines is 1. The molecule has 0 spiro atoms. The molecule has 1 N–H and O–H groups in total. The Kier molecular flexibility index (Phi) is 6.76. The first-order chi connectivity index (χ1) is 15.1. The molecule has 1 amide bonds. The standard InChI is InChI=1S/C22H23N3O5S/c1-2-29-22(27)30-17-6-4-16(5-7-17)20(26)24-21-23-18-8-3-15(13-19(18)31-21)14-25-9-11-28-12-10-25/h3-8,13H,2,9-12,14H2,1H3,(H,23,24,26). The summed E-state index contributed by atoms with van der Waals surface area (Å²) in [5, 5.41) is 3.38. The van der Waals surface area contributed by atoms with Gasteiger partial charge in [-0.25, -0.2) is 9.78 Å². The van der Waals surface area contributed by atoms with Crippen LogP contribution < -0.4 is 10.1 Å². The van der Waals surface area contributed by atoms with Gasteiger partial charge in [-0.1, -0.05) is 17.4 Å². The van der Waals surface area contributed by atoms with Crippen molar-refractivity contribution >= 4 is 38.7 Å². The smallest absolute Gasteiger partial charge is 0.434 e. The number of rotatable bonds is 6. The second kappa shape index (κ2) is 9.86. The van der Waals surface area contributed by atoms with E-state index in [4.69, 9.17) is 14.2 Å². The highest BCUT2D eigenvalue weighted by atomic mass is 32.1. The van der Waals surface area contributed by atoms with Crippen LogP contribution in [0.4, 0.5) is 9.93 Å². The highest BCUT2D eigenvalue weighted by Crippen LogP contribution is 2.28. The van der Waals surface area contributed by atoms with E-state index in [1.54, 1.807) is 31.2 Å². The van der Waals surface area contributed by atoms with Gasteiger partial charge in [-0.05, 0) is 48.9 Å². The highest BCUT2D eigenvalue weighted by molar-refractivity contribution is 7.22. The molecular weight excluding hydrogens is 418 g/mol. The van der Waals surface area contributed by atoms with Crippen molar-refractivity contribution in [2.75, 3.05) is 38.2 Å². The molecule has 4 rings (SSSR count). The number of benzene rings is 2. The highest BCUT2D eigenvalue weighted by Gasteiger charge is 2.14. The number of ether oxygens (including phenoxy) is 3. The SMILES string of the molecule is CCOC(=O)Oc1ccc(C(=O)Nc2nc3ccc(CN4CCOCC4)cc3s2)cc1. The summed E-state index contributed by atoms with van der Waals surface area (Å²) in [5.41, 5.74) is 2.50. The van der Waals surface area contributed by atoms with Crippen LogP contribution in [0, 0.1) is 0 Å². The van der Waals surface area contributed by atoms with E-state index in [9.17, 15) is 9.59 Å². The summed E-state index contributed by atoms with van der Waals surface area (Å²) in [6.45, 7) is 6.22. The summed E-state index contributed by atoms with van der Waals surface area (Å²) in [7, 11) is 0. The van der Waals surface area contributed by atoms with E-state index in [1.165, 1.54) is 16.9 Å². The number of morpholine rings is 1. The molecule has 3 aromatic rings. The largest absolute Gasteiger partial charge is 0.513 e. The predicted molar refractivity (Wildman–Crippen MR) is 118 cm³/mol. The van der Waals surface area contributed by atoms with E-state index in [-0.39, 0.29) is 12.5 Å². The summed E-state index contributed by atoms with van der Waals surface area (Å²) >= 11 is 1.44. The Balaban J connectivity index is 1.39. The van der Waals surface area contributed by atoms with Crippen molar-refractivity contribution in [3.63, 3.8) is 0 Å². The van der Waals surface area contributed by atoms with E-state index >= 15 is 0 Å². The number of hydrogen-bond donors (Lipinski definition) is 1. The third-order valence-corrected chi connectivity index (χ3v) is 5.70. The molecule has 1 aliphatic heterocycles. The first kappa shape index (κ1) is 21.2. The number of nitrogens with zero attached hydrogens (tertiary/aromatic N) is 2. The molecular formula is C22H23N3O5S. The number of nitrogens with one attached hydrogen (secondary N) is 1. The molecule has 1 fully saturated rings. The molecule has 1 aromatic heterocycles. The van der Waals surface area contributed by atoms with Crippen molar-refractivity contribution in [3.8, 4) is 5.75 Å². The van der Waals surface area contributed by atoms with Crippen LogP contribution in [0.25, 0.3) is 10.2 Å². The van der Waals surface area contributed by atoms with Crippen LogP contribution >= 0.6 is 11.3 Å². The molecule has 1 aliphatic rings. The Morgan fingerprint density at radius 2 is 1.94 bits per heavy atom. The van der Waals surface area contributed by atoms with Crippen LogP contribution in [0.3, 0.4) is 0 Å². The number of hydrogen-bond acceptors (Lipinski definition) is 8. The maximum absolute atomic E-state index is 12.6. The Labute approximate surface area is 183 Å². The molecule has 0 aliphatic carbocycles. The molecule has 1 saturated heterocycles. The van der Waals surface area contributed by atoms with E-state index in [2.05, 4.69) is 27.3 Å². The molecule has 0 atom stereocenters. The van der Waals surface area contributed by atoms with Gasteiger partial charge in [0.05, 0.1) is 30.0 Å². The van der Waals surface area contributed by atoms with Gasteiger partial charge in [0.15, 0.2) is 5.13 Å². The fourth-order valence-electron chi connectivity index (χ4n) is 3.23. The lowest BCUT2D eigenvalue weighted by atomic mass is 10.2. The van der Waals surface area contributed by atoms with Crippen LogP contribution in [0.2, 0.25) is 0 Å². The first-order valence-electron chi connectivity index (χ1n) is 10.1. The number of fused-ring (bicyclic) bond motifs is 1. The minimum absolute atomic E-state index is 0.232. The molecule has 0 unspecified atom stereocenters. The van der Waals surface area contributed by atoms with Gasteiger partial charge in [0.25, 0.3) is 5.91 Å². The zero-order valence-electron chi connectivity index (χ0n) is 17.1. The van der Waals surface area contributed by atoms with Crippen LogP contribution in [-0.4, -0.2) is 54.9 Å². The summed E-state index contributed by atoms with van der Waals surface area (Å²) < 4.78 is 16.2. The molecule has 0 bridgehead atoms. The van der Waals surface area contributed by atoms with Crippen molar-refractivity contribution in [2.45, 2.75) is 13.5 Å². The van der Waals surface area contributed by atoms with E-state index < -0.39 is 6.16 Å². The molecule has 2 heterocycles. The molecule has 162 valence electrons. The average molecular weight is 442 g/mol. The summed E-state index contributed by atoms with van der Waals surface area (Å²) in [6.07, 6.45) is -0.776. The quantitative estimate of drug-likeness (QED) is 0.458. The van der Waals surface area contributed by atoms with Crippen LogP contribution in [0.1, 0.15) is 22.8 Å². The second-order valence-electron chi connectivity index (χ2n) is 6.97. The van der Waals surface area contributed by atoms with Gasteiger partial charge in [-0.2, -0.15) is 0 Å². The van der Waals surface area contributed by atoms with Crippen LogP contribution in [-0.2, 0) is 16.0 Å². The summed E-state index contributed by atoms with van der Waals surface area (Å²) in [5.74, 6) is 0.0260. The van der Waals surface area contributed by atoms with Crippen molar-refractivity contribution in [1.82, 2.24) is 9.88 Å². The van der Waals surface area contributed by atoms with E-state index in [0.29, 0.717) is 16.4 Å². The van der Waals surface area contributed by atoms with Gasteiger partial charge < -0.3 is 14.2 Å². The lowest BCUT2D eigenvalue weighted by Gasteiger charge is -2.26. The minimum atomic E-state index is -0.776. The number of aromatic nitrogens is 1. The van der Waals surface area contributed by atoms with Gasteiger partial charge in [0.1, 0.15) is 5.75 Å². The lowest BCUT2D eigenvalue weighted by molar-refractivity contribution is 0.0342. The lowest BCUT2D eigenvalue weighted by Crippen LogP contribution is -2.35. The number of carbonyl (C=O) groups is 2. The van der Waals surface area contributed by atoms with Gasteiger partial charge >= 0.3 is 6.16 Å².